The first-order valence-electron chi connectivity index (χ1n) is 5.64. The highest BCUT2D eigenvalue weighted by molar-refractivity contribution is 7.13. The number of fused-ring (bicyclic) bond motifs is 1. The third-order valence-corrected chi connectivity index (χ3v) is 3.69. The minimum atomic E-state index is 0.366. The summed E-state index contributed by atoms with van der Waals surface area (Å²) >= 11 is 1.53. The highest BCUT2D eigenvalue weighted by Gasteiger charge is 2.14. The first kappa shape index (κ1) is 10.1. The molecule has 0 saturated carbocycles. The number of nitrogens with one attached hydrogen (secondary N) is 1. The molecule has 1 saturated heterocycles. The number of nitrogens with zero attached hydrogens (tertiary/aromatic N) is 1. The van der Waals surface area contributed by atoms with Crippen molar-refractivity contribution in [1.29, 1.82) is 0 Å². The van der Waals surface area contributed by atoms with E-state index in [2.05, 4.69) is 21.8 Å². The molecular formula is C12H14N2OS. The summed E-state index contributed by atoms with van der Waals surface area (Å²) in [6, 6.07) is 6.22. The molecule has 0 amide bonds. The summed E-state index contributed by atoms with van der Waals surface area (Å²) in [7, 11) is 0. The Bertz CT molecular complexity index is 477. The van der Waals surface area contributed by atoms with Gasteiger partial charge in [-0.25, -0.2) is 0 Å². The Morgan fingerprint density at radius 1 is 1.31 bits per heavy atom. The van der Waals surface area contributed by atoms with Crippen LogP contribution < -0.4 is 10.1 Å². The van der Waals surface area contributed by atoms with Gasteiger partial charge in [0.15, 0.2) is 0 Å². The average molecular weight is 234 g/mol. The second kappa shape index (κ2) is 4.39. The molecule has 0 bridgehead atoms. The lowest BCUT2D eigenvalue weighted by molar-refractivity contribution is 0.162. The smallest absolute Gasteiger partial charge is 0.120 e. The van der Waals surface area contributed by atoms with Crippen molar-refractivity contribution >= 4 is 21.6 Å². The maximum absolute atomic E-state index is 5.97. The van der Waals surface area contributed by atoms with Crippen molar-refractivity contribution in [3.05, 3.63) is 24.4 Å². The van der Waals surface area contributed by atoms with Gasteiger partial charge in [-0.15, -0.1) is 0 Å². The maximum atomic E-state index is 5.97. The number of piperidine rings is 1. The number of benzene rings is 1. The van der Waals surface area contributed by atoms with Gasteiger partial charge in [0.2, 0.25) is 0 Å². The van der Waals surface area contributed by atoms with Crippen LogP contribution in [0.5, 0.6) is 5.75 Å². The molecule has 1 aliphatic rings. The second-order valence-electron chi connectivity index (χ2n) is 4.09. The van der Waals surface area contributed by atoms with E-state index in [1.54, 1.807) is 0 Å². The van der Waals surface area contributed by atoms with E-state index >= 15 is 0 Å². The fourth-order valence-electron chi connectivity index (χ4n) is 2.03. The molecule has 1 aromatic carbocycles. The largest absolute Gasteiger partial charge is 0.490 e. The highest BCUT2D eigenvalue weighted by Crippen LogP contribution is 2.25. The first-order chi connectivity index (χ1) is 7.92. The van der Waals surface area contributed by atoms with E-state index in [0.29, 0.717) is 6.10 Å². The molecule has 3 nitrogen and oxygen atoms in total. The van der Waals surface area contributed by atoms with E-state index in [-0.39, 0.29) is 0 Å². The lowest BCUT2D eigenvalue weighted by atomic mass is 10.1. The van der Waals surface area contributed by atoms with Crippen LogP contribution in [0.4, 0.5) is 0 Å². The van der Waals surface area contributed by atoms with Crippen molar-refractivity contribution in [3.63, 3.8) is 0 Å². The Hall–Kier alpha value is -1.13. The average Bonchev–Trinajstić information content (AvgIpc) is 2.77. The summed E-state index contributed by atoms with van der Waals surface area (Å²) in [5.74, 6) is 0.972. The molecule has 0 atom stereocenters. The number of rotatable bonds is 2. The van der Waals surface area contributed by atoms with Crippen LogP contribution in [0.2, 0.25) is 0 Å². The van der Waals surface area contributed by atoms with Crippen LogP contribution in [0, 0.1) is 0 Å². The zero-order chi connectivity index (χ0) is 10.8. The van der Waals surface area contributed by atoms with E-state index in [1.165, 1.54) is 21.6 Å². The predicted octanol–water partition coefficient (Wildman–Crippen LogP) is 2.43. The molecule has 1 N–H and O–H groups in total. The van der Waals surface area contributed by atoms with Crippen LogP contribution >= 0.6 is 11.5 Å². The topological polar surface area (TPSA) is 34.1 Å². The molecule has 16 heavy (non-hydrogen) atoms. The van der Waals surface area contributed by atoms with Gasteiger partial charge in [0.25, 0.3) is 0 Å². The Kier molecular flexibility index (Phi) is 2.76. The van der Waals surface area contributed by atoms with Gasteiger partial charge >= 0.3 is 0 Å². The quantitative estimate of drug-likeness (QED) is 0.866. The van der Waals surface area contributed by atoms with E-state index in [4.69, 9.17) is 4.74 Å². The molecular weight excluding hydrogens is 220 g/mol. The van der Waals surface area contributed by atoms with Crippen molar-refractivity contribution < 1.29 is 4.74 Å². The Labute approximate surface area is 98.6 Å². The zero-order valence-corrected chi connectivity index (χ0v) is 9.80. The van der Waals surface area contributed by atoms with Gasteiger partial charge in [0.1, 0.15) is 11.9 Å². The lowest BCUT2D eigenvalue weighted by Gasteiger charge is -2.23. The summed E-state index contributed by atoms with van der Waals surface area (Å²) in [6.45, 7) is 2.12. The molecule has 0 unspecified atom stereocenters. The molecule has 0 radical (unpaired) electrons. The molecule has 0 aliphatic carbocycles. The lowest BCUT2D eigenvalue weighted by Crippen LogP contribution is -2.34. The van der Waals surface area contributed by atoms with Gasteiger partial charge in [-0.1, -0.05) is 0 Å². The van der Waals surface area contributed by atoms with Crippen LogP contribution in [0.3, 0.4) is 0 Å². The summed E-state index contributed by atoms with van der Waals surface area (Å²) < 4.78 is 11.4. The van der Waals surface area contributed by atoms with Crippen molar-refractivity contribution in [2.75, 3.05) is 13.1 Å². The molecule has 2 heterocycles. The predicted molar refractivity (Wildman–Crippen MR) is 66.1 cm³/mol. The molecule has 2 aromatic rings. The van der Waals surface area contributed by atoms with Gasteiger partial charge in [0, 0.05) is 11.6 Å². The monoisotopic (exact) mass is 234 g/mol. The van der Waals surface area contributed by atoms with Crippen molar-refractivity contribution in [3.8, 4) is 5.75 Å². The van der Waals surface area contributed by atoms with Gasteiger partial charge in [-0.05, 0) is 55.7 Å². The molecule has 4 heteroatoms. The maximum Gasteiger partial charge on any atom is 0.120 e. The number of aromatic nitrogens is 1. The van der Waals surface area contributed by atoms with E-state index in [9.17, 15) is 0 Å². The van der Waals surface area contributed by atoms with Crippen LogP contribution in [0.15, 0.2) is 24.4 Å². The number of hydrogen-bond acceptors (Lipinski definition) is 4. The SMILES string of the molecule is c1cc2sncc2cc1OC1CCNCC1. The van der Waals surface area contributed by atoms with Gasteiger partial charge in [-0.3, -0.25) is 0 Å². The highest BCUT2D eigenvalue weighted by atomic mass is 32.1. The fourth-order valence-corrected chi connectivity index (χ4v) is 2.66. The summed E-state index contributed by atoms with van der Waals surface area (Å²) in [4.78, 5) is 0. The Morgan fingerprint density at radius 3 is 3.06 bits per heavy atom. The molecule has 84 valence electrons. The Morgan fingerprint density at radius 2 is 2.19 bits per heavy atom. The summed E-state index contributed by atoms with van der Waals surface area (Å²) in [6.07, 6.45) is 4.46. The molecule has 0 spiro atoms. The first-order valence-corrected chi connectivity index (χ1v) is 6.41. The van der Waals surface area contributed by atoms with Gasteiger partial charge in [-0.2, -0.15) is 4.37 Å². The zero-order valence-electron chi connectivity index (χ0n) is 8.98. The second-order valence-corrected chi connectivity index (χ2v) is 4.93. The summed E-state index contributed by atoms with van der Waals surface area (Å²) in [5, 5.41) is 4.51. The van der Waals surface area contributed by atoms with Crippen molar-refractivity contribution in [2.24, 2.45) is 0 Å². The number of hydrogen-bond donors (Lipinski definition) is 1. The molecule has 3 rings (SSSR count). The third kappa shape index (κ3) is 2.03. The minimum Gasteiger partial charge on any atom is -0.490 e. The molecule has 1 fully saturated rings. The van der Waals surface area contributed by atoms with Crippen LogP contribution in [-0.4, -0.2) is 23.6 Å². The van der Waals surface area contributed by atoms with E-state index < -0.39 is 0 Å². The third-order valence-electron chi connectivity index (χ3n) is 2.91. The minimum absolute atomic E-state index is 0.366. The normalized spacial score (nSPS) is 17.8. The standard InChI is InChI=1S/C12H14N2OS/c1-2-12-9(8-14-16-12)7-11(1)15-10-3-5-13-6-4-10/h1-2,7-8,10,13H,3-6H2. The van der Waals surface area contributed by atoms with E-state index in [1.807, 2.05) is 12.3 Å². The van der Waals surface area contributed by atoms with Crippen molar-refractivity contribution in [2.45, 2.75) is 18.9 Å². The van der Waals surface area contributed by atoms with Gasteiger partial charge < -0.3 is 10.1 Å². The van der Waals surface area contributed by atoms with Crippen molar-refractivity contribution in [1.82, 2.24) is 9.69 Å². The van der Waals surface area contributed by atoms with Gasteiger partial charge in [0.05, 0.1) is 4.70 Å². The summed E-state index contributed by atoms with van der Waals surface area (Å²) in [5.41, 5.74) is 0. The van der Waals surface area contributed by atoms with Crippen LogP contribution in [-0.2, 0) is 0 Å². The Balaban J connectivity index is 1.77. The van der Waals surface area contributed by atoms with Crippen LogP contribution in [0.1, 0.15) is 12.8 Å². The molecule has 1 aromatic heterocycles. The molecule has 1 aliphatic heterocycles. The fraction of sp³-hybridized carbons (Fsp3) is 0.417. The van der Waals surface area contributed by atoms with E-state index in [0.717, 1.165) is 31.7 Å². The van der Waals surface area contributed by atoms with Crippen LogP contribution in [0.25, 0.3) is 10.1 Å². The number of ether oxygens (including phenoxy) is 1.